The highest BCUT2D eigenvalue weighted by molar-refractivity contribution is 7.26. The van der Waals surface area contributed by atoms with Crippen molar-refractivity contribution in [3.8, 4) is 11.1 Å². The van der Waals surface area contributed by atoms with E-state index in [4.69, 9.17) is 13.3 Å². The molecule has 0 bridgehead atoms. The normalized spacial score (nSPS) is 11.1. The van der Waals surface area contributed by atoms with Crippen LogP contribution in [0.2, 0.25) is 0 Å². The maximum Gasteiger partial charge on any atom is 0.135 e. The maximum atomic E-state index is 5.65. The lowest BCUT2D eigenvalue weighted by Crippen LogP contribution is -1.76. The number of hydrogen-bond acceptors (Lipinski definition) is 4. The molecule has 4 heterocycles. The van der Waals surface area contributed by atoms with Gasteiger partial charge >= 0.3 is 0 Å². The predicted molar refractivity (Wildman–Crippen MR) is 246 cm³/mol. The van der Waals surface area contributed by atoms with Gasteiger partial charge in [0.1, 0.15) is 33.5 Å². The average Bonchev–Trinajstić information content (AvgIpc) is 4.07. The molecular weight excluding hydrogens is 729 g/mol. The van der Waals surface area contributed by atoms with Gasteiger partial charge in [-0.25, -0.2) is 0 Å². The van der Waals surface area contributed by atoms with E-state index < -0.39 is 0 Å². The molecule has 0 N–H and O–H groups in total. The molecule has 0 unspecified atom stereocenters. The summed E-state index contributed by atoms with van der Waals surface area (Å²) in [7, 11) is 0. The Balaban J connectivity index is 0.0000000953. The Morgan fingerprint density at radius 3 is 0.948 bits per heavy atom. The number of furan rings is 3. The number of fused-ring (bicyclic) bond motifs is 12. The highest BCUT2D eigenvalue weighted by atomic mass is 32.1. The Hall–Kier alpha value is -7.40. The van der Waals surface area contributed by atoms with Crippen LogP contribution >= 0.6 is 11.3 Å². The van der Waals surface area contributed by atoms with Crippen LogP contribution in [-0.2, 0) is 0 Å². The number of benzene rings is 9. The molecule has 0 saturated carbocycles. The van der Waals surface area contributed by atoms with Gasteiger partial charge in [-0.05, 0) is 53.6 Å². The summed E-state index contributed by atoms with van der Waals surface area (Å²) in [6.45, 7) is 0. The second-order valence-corrected chi connectivity index (χ2v) is 15.0. The molecule has 0 amide bonds. The van der Waals surface area contributed by atoms with Gasteiger partial charge in [-0.1, -0.05) is 176 Å². The van der Waals surface area contributed by atoms with Crippen molar-refractivity contribution < 1.29 is 13.3 Å². The van der Waals surface area contributed by atoms with E-state index in [1.807, 2.05) is 121 Å². The first-order valence-corrected chi connectivity index (χ1v) is 20.1. The van der Waals surface area contributed by atoms with Crippen LogP contribution in [0.1, 0.15) is 0 Å². The van der Waals surface area contributed by atoms with Gasteiger partial charge in [0.25, 0.3) is 0 Å². The van der Waals surface area contributed by atoms with Crippen LogP contribution < -0.4 is 0 Å². The predicted octanol–water partition coefficient (Wildman–Crippen LogP) is 16.5. The molecule has 58 heavy (non-hydrogen) atoms. The zero-order valence-corrected chi connectivity index (χ0v) is 32.2. The van der Waals surface area contributed by atoms with E-state index in [1.165, 1.54) is 63.6 Å². The minimum atomic E-state index is 0.962. The third-order valence-corrected chi connectivity index (χ3v) is 11.6. The van der Waals surface area contributed by atoms with E-state index >= 15 is 0 Å². The van der Waals surface area contributed by atoms with E-state index in [0.717, 1.165) is 33.5 Å². The smallest absolute Gasteiger partial charge is 0.135 e. The monoisotopic (exact) mass is 764 g/mol. The van der Waals surface area contributed by atoms with E-state index in [-0.39, 0.29) is 0 Å². The summed E-state index contributed by atoms with van der Waals surface area (Å²) in [5.74, 6) is 0. The van der Waals surface area contributed by atoms with Gasteiger partial charge < -0.3 is 13.3 Å². The molecule has 0 aliphatic heterocycles. The number of thiophene rings is 1. The average molecular weight is 765 g/mol. The fraction of sp³-hybridized carbons (Fsp3) is 0. The van der Waals surface area contributed by atoms with E-state index in [0.29, 0.717) is 0 Å². The molecule has 0 fully saturated rings. The van der Waals surface area contributed by atoms with Gasteiger partial charge in [0.2, 0.25) is 0 Å². The van der Waals surface area contributed by atoms with Crippen LogP contribution in [-0.4, -0.2) is 0 Å². The zero-order chi connectivity index (χ0) is 38.7. The van der Waals surface area contributed by atoms with Gasteiger partial charge in [-0.2, -0.15) is 0 Å². The third-order valence-electron chi connectivity index (χ3n) is 10.3. The summed E-state index contributed by atoms with van der Waals surface area (Å²) in [5.41, 5.74) is 8.39. The summed E-state index contributed by atoms with van der Waals surface area (Å²) in [4.78, 5) is 0. The number of hydrogen-bond donors (Lipinski definition) is 0. The Morgan fingerprint density at radius 2 is 0.552 bits per heavy atom. The van der Waals surface area contributed by atoms with Crippen molar-refractivity contribution in [2.24, 2.45) is 0 Å². The first-order chi connectivity index (χ1) is 28.8. The lowest BCUT2D eigenvalue weighted by Gasteiger charge is -2.02. The van der Waals surface area contributed by atoms with Crippen molar-refractivity contribution in [1.82, 2.24) is 0 Å². The second-order valence-electron chi connectivity index (χ2n) is 13.9. The van der Waals surface area contributed by atoms with Gasteiger partial charge in [0, 0.05) is 52.5 Å². The Bertz CT molecular complexity index is 3070. The van der Waals surface area contributed by atoms with Crippen molar-refractivity contribution in [2.45, 2.75) is 0 Å². The first kappa shape index (κ1) is 35.0. The summed E-state index contributed by atoms with van der Waals surface area (Å²) in [6, 6.07) is 74.5. The molecule has 0 saturated heterocycles. The molecule has 0 radical (unpaired) electrons. The van der Waals surface area contributed by atoms with Crippen molar-refractivity contribution >= 4 is 97.3 Å². The van der Waals surface area contributed by atoms with Crippen LogP contribution in [0.5, 0.6) is 0 Å². The second kappa shape index (κ2) is 15.6. The van der Waals surface area contributed by atoms with Crippen molar-refractivity contribution in [3.63, 3.8) is 0 Å². The topological polar surface area (TPSA) is 39.4 Å². The number of rotatable bonds is 1. The lowest BCUT2D eigenvalue weighted by atomic mass is 10.0. The molecule has 0 atom stereocenters. The molecule has 4 aromatic heterocycles. The highest BCUT2D eigenvalue weighted by Crippen LogP contribution is 2.39. The summed E-state index contributed by atoms with van der Waals surface area (Å²) in [5, 5.41) is 9.88. The van der Waals surface area contributed by atoms with Crippen LogP contribution in [0.15, 0.2) is 232 Å². The molecule has 0 spiro atoms. The quantitative estimate of drug-likeness (QED) is 0.167. The van der Waals surface area contributed by atoms with Gasteiger partial charge in [0.05, 0.1) is 0 Å². The molecule has 276 valence electrons. The maximum absolute atomic E-state index is 5.65. The first-order valence-electron chi connectivity index (χ1n) is 19.3. The SMILES string of the molecule is c1ccc(-c2cccc3c2sc2ccccc23)cc1.c1ccc2c(c1)oc1ccccc12.c1ccc2c(c1)oc1ccccc12.c1ccc2c(c1)oc1ccccc12. The Kier molecular flexibility index (Phi) is 9.44. The van der Waals surface area contributed by atoms with Crippen molar-refractivity contribution in [2.75, 3.05) is 0 Å². The van der Waals surface area contributed by atoms with E-state index in [1.54, 1.807) is 0 Å². The number of para-hydroxylation sites is 6. The summed E-state index contributed by atoms with van der Waals surface area (Å²) in [6.07, 6.45) is 0. The molecule has 3 nitrogen and oxygen atoms in total. The molecule has 0 aliphatic rings. The molecular formula is C54H36O3S. The zero-order valence-electron chi connectivity index (χ0n) is 31.4. The molecule has 0 aliphatic carbocycles. The highest BCUT2D eigenvalue weighted by Gasteiger charge is 2.10. The molecule has 4 heteroatoms. The molecule has 13 aromatic rings. The fourth-order valence-electron chi connectivity index (χ4n) is 7.62. The van der Waals surface area contributed by atoms with Gasteiger partial charge in [-0.15, -0.1) is 11.3 Å². The largest absolute Gasteiger partial charge is 0.456 e. The van der Waals surface area contributed by atoms with Crippen LogP contribution in [0.3, 0.4) is 0 Å². The Morgan fingerprint density at radius 1 is 0.241 bits per heavy atom. The summed E-state index contributed by atoms with van der Waals surface area (Å²) < 4.78 is 19.7. The van der Waals surface area contributed by atoms with Crippen LogP contribution in [0, 0.1) is 0 Å². The van der Waals surface area contributed by atoms with Crippen LogP contribution in [0.25, 0.3) is 97.1 Å². The van der Waals surface area contributed by atoms with Gasteiger partial charge in [-0.3, -0.25) is 0 Å². The van der Waals surface area contributed by atoms with E-state index in [2.05, 4.69) is 109 Å². The van der Waals surface area contributed by atoms with Gasteiger partial charge in [0.15, 0.2) is 0 Å². The van der Waals surface area contributed by atoms with E-state index in [9.17, 15) is 0 Å². The van der Waals surface area contributed by atoms with Crippen molar-refractivity contribution in [1.29, 1.82) is 0 Å². The fourth-order valence-corrected chi connectivity index (χ4v) is 8.85. The minimum Gasteiger partial charge on any atom is -0.456 e. The van der Waals surface area contributed by atoms with Crippen LogP contribution in [0.4, 0.5) is 0 Å². The standard InChI is InChI=1S/C18H12S.3C12H8O/c1-2-7-13(8-3-1)14-10-6-11-16-15-9-4-5-12-17(15)19-18(14)16;3*1-3-7-11-9(5-1)10-6-2-4-8-12(10)13-11/h1-12H;3*1-8H. The molecule has 13 rings (SSSR count). The van der Waals surface area contributed by atoms with Crippen molar-refractivity contribution in [3.05, 3.63) is 218 Å². The third kappa shape index (κ3) is 6.76. The molecule has 9 aromatic carbocycles. The summed E-state index contributed by atoms with van der Waals surface area (Å²) >= 11 is 1.88. The minimum absolute atomic E-state index is 0.962. The lowest BCUT2D eigenvalue weighted by molar-refractivity contribution is 0.668. The Labute approximate surface area is 338 Å².